The van der Waals surface area contributed by atoms with Gasteiger partial charge in [-0.3, -0.25) is 9.59 Å². The van der Waals surface area contributed by atoms with Crippen LogP contribution < -0.4 is 9.64 Å². The SMILES string of the molecule is CC.CO.COC(=O)C1CCC(OC=O)CC1.C\C=C(/C=C(\C=C(/C)C(F)(F)F)C(F)(F)F)CN(c1ncc(OCc2ccccc2)cn1)C1C[C@@H](CC)N(C)[C@@H](CC)C1. The number of benzene rings is 1. The Kier molecular flexibility index (Phi) is 24.5. The number of alkyl halides is 6. The average molecular weight is 859 g/mol. The molecular formula is C44H64F6N4O6. The summed E-state index contributed by atoms with van der Waals surface area (Å²) in [4.78, 5) is 34.4. The van der Waals surface area contributed by atoms with E-state index in [4.69, 9.17) is 14.6 Å². The lowest BCUT2D eigenvalue weighted by Crippen LogP contribution is -2.53. The molecule has 338 valence electrons. The molecule has 4 rings (SSSR count). The summed E-state index contributed by atoms with van der Waals surface area (Å²) in [6.07, 6.45) is 1.91. The summed E-state index contributed by atoms with van der Waals surface area (Å²) in [5.41, 5.74) is -1.53. The first-order valence-corrected chi connectivity index (χ1v) is 20.3. The van der Waals surface area contributed by atoms with E-state index in [1.165, 1.54) is 25.6 Å². The number of aliphatic hydroxyl groups is 1. The number of nitrogens with zero attached hydrogens (tertiary/aromatic N) is 4. The van der Waals surface area contributed by atoms with Gasteiger partial charge in [0.15, 0.2) is 5.75 Å². The van der Waals surface area contributed by atoms with Crippen LogP contribution in [0.2, 0.25) is 0 Å². The normalized spacial score (nSPS) is 21.4. The summed E-state index contributed by atoms with van der Waals surface area (Å²) >= 11 is 0. The zero-order valence-corrected chi connectivity index (χ0v) is 36.4. The number of methoxy groups -OCH3 is 1. The fourth-order valence-corrected chi connectivity index (χ4v) is 6.97. The first-order chi connectivity index (χ1) is 28.5. The Labute approximate surface area is 351 Å². The lowest BCUT2D eigenvalue weighted by Gasteiger charge is -2.46. The highest BCUT2D eigenvalue weighted by atomic mass is 19.4. The van der Waals surface area contributed by atoms with E-state index >= 15 is 0 Å². The molecule has 3 atom stereocenters. The number of ether oxygens (including phenoxy) is 3. The maximum absolute atomic E-state index is 13.9. The molecule has 2 heterocycles. The predicted molar refractivity (Wildman–Crippen MR) is 221 cm³/mol. The van der Waals surface area contributed by atoms with Gasteiger partial charge < -0.3 is 29.1 Å². The number of anilines is 1. The van der Waals surface area contributed by atoms with E-state index in [1.807, 2.05) is 49.1 Å². The van der Waals surface area contributed by atoms with Crippen molar-refractivity contribution in [3.8, 4) is 5.75 Å². The van der Waals surface area contributed by atoms with Crippen molar-refractivity contribution >= 4 is 18.4 Å². The number of hydrogen-bond acceptors (Lipinski definition) is 10. The van der Waals surface area contributed by atoms with E-state index in [1.54, 1.807) is 6.92 Å². The average Bonchev–Trinajstić information content (AvgIpc) is 3.25. The van der Waals surface area contributed by atoms with Crippen molar-refractivity contribution < 1.29 is 55.2 Å². The molecule has 1 unspecified atom stereocenters. The minimum absolute atomic E-state index is 0.00148. The van der Waals surface area contributed by atoms with Gasteiger partial charge in [-0.25, -0.2) is 9.97 Å². The maximum atomic E-state index is 13.9. The Morgan fingerprint density at radius 2 is 1.47 bits per heavy atom. The smallest absolute Gasteiger partial charge is 0.416 e. The summed E-state index contributed by atoms with van der Waals surface area (Å²) in [7, 11) is 4.49. The molecule has 2 aliphatic rings. The van der Waals surface area contributed by atoms with Crippen molar-refractivity contribution in [3.63, 3.8) is 0 Å². The van der Waals surface area contributed by atoms with E-state index < -0.39 is 23.5 Å². The maximum Gasteiger partial charge on any atom is 0.416 e. The van der Waals surface area contributed by atoms with Gasteiger partial charge in [0.05, 0.1) is 31.0 Å². The second-order valence-electron chi connectivity index (χ2n) is 14.1. The van der Waals surface area contributed by atoms with Crippen LogP contribution in [-0.4, -0.2) is 96.8 Å². The Hall–Kier alpha value is -4.44. The quantitative estimate of drug-likeness (QED) is 0.0853. The molecule has 2 aromatic rings. The van der Waals surface area contributed by atoms with Gasteiger partial charge in [-0.15, -0.1) is 0 Å². The van der Waals surface area contributed by atoms with Crippen molar-refractivity contribution in [2.24, 2.45) is 5.92 Å². The predicted octanol–water partition coefficient (Wildman–Crippen LogP) is 9.98. The molecule has 0 amide bonds. The molecule has 1 aromatic carbocycles. The van der Waals surface area contributed by atoms with Gasteiger partial charge in [0.25, 0.3) is 6.47 Å². The van der Waals surface area contributed by atoms with Crippen LogP contribution in [0.5, 0.6) is 5.75 Å². The van der Waals surface area contributed by atoms with Crippen LogP contribution in [0.4, 0.5) is 32.3 Å². The third kappa shape index (κ3) is 17.6. The molecule has 0 radical (unpaired) electrons. The van der Waals surface area contributed by atoms with Crippen molar-refractivity contribution in [2.45, 2.75) is 136 Å². The molecular weight excluding hydrogens is 794 g/mol. The largest absolute Gasteiger partial charge is 0.486 e. The van der Waals surface area contributed by atoms with E-state index in [0.29, 0.717) is 31.7 Å². The monoisotopic (exact) mass is 858 g/mol. The number of rotatable bonds is 14. The summed E-state index contributed by atoms with van der Waals surface area (Å²) in [6.45, 7) is 11.2. The van der Waals surface area contributed by atoms with Crippen LogP contribution in [0.25, 0.3) is 0 Å². The standard InChI is InChI=1S/C32H40F6N4O.C9H14O4.C2H6.CH4O/c1-6-23(15-25(32(36,37)38)14-22(4)31(33,34)35)20-42(28-16-26(7-2)41(5)27(8-3)17-28)30-39-18-29(19-40-30)43-21-24-12-10-9-11-13-24;1-12-9(11)7-2-4-8(5-3-7)13-6-10;2*1-2/h6,9-15,18-19,26-28H,7-8,16-17,20-21H2,1-5H3;6-8H,2-5H2,1H3;1-2H3;2H,1H3/b22-14+,23-6+,25-15+;;;/t26-,27+,28?;;;. The summed E-state index contributed by atoms with van der Waals surface area (Å²) < 4.78 is 96.3. The zero-order valence-electron chi connectivity index (χ0n) is 36.4. The van der Waals surface area contributed by atoms with Gasteiger partial charge in [0, 0.05) is 37.4 Å². The number of allylic oxidation sites excluding steroid dienone is 4. The Morgan fingerprint density at radius 1 is 0.917 bits per heavy atom. The highest BCUT2D eigenvalue weighted by Gasteiger charge is 2.38. The number of esters is 1. The molecule has 1 saturated carbocycles. The van der Waals surface area contributed by atoms with Crippen LogP contribution in [-0.2, 0) is 25.7 Å². The highest BCUT2D eigenvalue weighted by molar-refractivity contribution is 5.72. The molecule has 60 heavy (non-hydrogen) atoms. The van der Waals surface area contributed by atoms with Gasteiger partial charge in [-0.2, -0.15) is 26.3 Å². The Bertz CT molecular complexity index is 1600. The lowest BCUT2D eigenvalue weighted by atomic mass is 9.87. The second kappa shape index (κ2) is 27.4. The van der Waals surface area contributed by atoms with Gasteiger partial charge in [-0.1, -0.05) is 64.1 Å². The van der Waals surface area contributed by atoms with Gasteiger partial charge in [-0.05, 0) is 95.6 Å². The van der Waals surface area contributed by atoms with Crippen molar-refractivity contribution in [1.82, 2.24) is 14.9 Å². The summed E-state index contributed by atoms with van der Waals surface area (Å²) in [5, 5.41) is 7.00. The number of hydrogen-bond donors (Lipinski definition) is 1. The van der Waals surface area contributed by atoms with E-state index in [2.05, 4.69) is 40.5 Å². The fraction of sp³-hybridized carbons (Fsp3) is 0.591. The molecule has 10 nitrogen and oxygen atoms in total. The fourth-order valence-electron chi connectivity index (χ4n) is 6.97. The van der Waals surface area contributed by atoms with Crippen LogP contribution >= 0.6 is 0 Å². The number of carbonyl (C=O) groups excluding carboxylic acids is 2. The van der Waals surface area contributed by atoms with Gasteiger partial charge in [0.2, 0.25) is 5.95 Å². The molecule has 1 aliphatic carbocycles. The number of likely N-dealkylation sites (tertiary alicyclic amines) is 1. The van der Waals surface area contributed by atoms with Crippen molar-refractivity contribution in [1.29, 1.82) is 0 Å². The third-order valence-corrected chi connectivity index (χ3v) is 10.4. The highest BCUT2D eigenvalue weighted by Crippen LogP contribution is 2.35. The Morgan fingerprint density at radius 3 is 1.92 bits per heavy atom. The molecule has 1 saturated heterocycles. The third-order valence-electron chi connectivity index (χ3n) is 10.4. The number of aliphatic hydroxyl groups excluding tert-OH is 1. The van der Waals surface area contributed by atoms with Gasteiger partial charge in [0.1, 0.15) is 12.7 Å². The van der Waals surface area contributed by atoms with Crippen LogP contribution in [0.15, 0.2) is 77.7 Å². The molecule has 1 aliphatic heterocycles. The van der Waals surface area contributed by atoms with Crippen LogP contribution in [0.3, 0.4) is 0 Å². The van der Waals surface area contributed by atoms with Crippen molar-refractivity contribution in [3.05, 3.63) is 83.2 Å². The van der Waals surface area contributed by atoms with E-state index in [0.717, 1.165) is 70.1 Å². The zero-order chi connectivity index (χ0) is 45.5. The first-order valence-electron chi connectivity index (χ1n) is 20.3. The molecule has 1 aromatic heterocycles. The molecule has 0 bridgehead atoms. The molecule has 1 N–H and O–H groups in total. The Balaban J connectivity index is 0.000000887. The molecule has 0 spiro atoms. The topological polar surface area (TPSA) is 114 Å². The molecule has 2 fully saturated rings. The van der Waals surface area contributed by atoms with Crippen LogP contribution in [0, 0.1) is 5.92 Å². The van der Waals surface area contributed by atoms with E-state index in [9.17, 15) is 35.9 Å². The first kappa shape index (κ1) is 53.6. The summed E-state index contributed by atoms with van der Waals surface area (Å²) in [6, 6.07) is 9.96. The lowest BCUT2D eigenvalue weighted by molar-refractivity contribution is -0.148. The van der Waals surface area contributed by atoms with E-state index in [-0.39, 0.29) is 54.3 Å². The van der Waals surface area contributed by atoms with Crippen LogP contribution in [0.1, 0.15) is 98.5 Å². The minimum atomic E-state index is -4.98. The second-order valence-corrected chi connectivity index (χ2v) is 14.1. The minimum Gasteiger partial charge on any atom is -0.486 e. The number of piperidine rings is 1. The number of halogens is 6. The number of carbonyl (C=O) groups is 2. The number of aromatic nitrogens is 2. The molecule has 16 heteroatoms. The van der Waals surface area contributed by atoms with Crippen molar-refractivity contribution in [2.75, 3.05) is 32.7 Å². The van der Waals surface area contributed by atoms with Gasteiger partial charge >= 0.3 is 18.3 Å². The summed E-state index contributed by atoms with van der Waals surface area (Å²) in [5.74, 6) is 0.600.